The molecule has 2 aromatic rings. The van der Waals surface area contributed by atoms with E-state index >= 15 is 0 Å². The first kappa shape index (κ1) is 19.4. The van der Waals surface area contributed by atoms with Crippen molar-refractivity contribution < 1.29 is 0 Å². The molecule has 0 fully saturated rings. The van der Waals surface area contributed by atoms with Crippen LogP contribution in [0.1, 0.15) is 30.9 Å². The summed E-state index contributed by atoms with van der Waals surface area (Å²) in [5, 5.41) is 7.62. The molecule has 2 rings (SSSR count). The average Bonchev–Trinajstić information content (AvgIpc) is 2.57. The number of nitrogens with one attached hydrogen (secondary N) is 4. The van der Waals surface area contributed by atoms with Crippen molar-refractivity contribution in [1.29, 1.82) is 0 Å². The molecule has 4 N–H and O–H groups in total. The minimum absolute atomic E-state index is 0.388. The first-order chi connectivity index (χ1) is 11.8. The van der Waals surface area contributed by atoms with Crippen molar-refractivity contribution in [3.05, 3.63) is 58.6 Å². The quantitative estimate of drug-likeness (QED) is 0.437. The first-order valence-corrected chi connectivity index (χ1v) is 9.04. The highest BCUT2D eigenvalue weighted by Gasteiger charge is 2.03. The topological polar surface area (TPSA) is 48.1 Å². The zero-order chi connectivity index (χ0) is 18.4. The van der Waals surface area contributed by atoms with Crippen LogP contribution in [0.2, 0.25) is 5.02 Å². The average molecular weight is 393 g/mol. The summed E-state index contributed by atoms with van der Waals surface area (Å²) in [4.78, 5) is 0. The Bertz CT molecular complexity index is 760. The molecule has 0 radical (unpaired) electrons. The number of benzene rings is 2. The van der Waals surface area contributed by atoms with Gasteiger partial charge in [-0.25, -0.2) is 0 Å². The van der Waals surface area contributed by atoms with Crippen LogP contribution in [0.5, 0.6) is 0 Å². The standard InChI is InChI=1S/C18H21ClN4S2/c1-11(2)13-5-8-14(9-6-13)20-17(24)22-23-18(25)21-15-7-4-12(3)16(19)10-15/h4-11H,1-3H3,(H2,20,22,24)(H2,21,23,25). The second-order valence-electron chi connectivity index (χ2n) is 5.90. The van der Waals surface area contributed by atoms with E-state index in [2.05, 4.69) is 47.5 Å². The lowest BCUT2D eigenvalue weighted by Crippen LogP contribution is -2.45. The van der Waals surface area contributed by atoms with Crippen molar-refractivity contribution in [1.82, 2.24) is 10.9 Å². The minimum Gasteiger partial charge on any atom is -0.331 e. The lowest BCUT2D eigenvalue weighted by molar-refractivity contribution is 0.866. The molecule has 0 heterocycles. The summed E-state index contributed by atoms with van der Waals surface area (Å²) >= 11 is 16.6. The summed E-state index contributed by atoms with van der Waals surface area (Å²) in [5.41, 5.74) is 9.69. The Morgan fingerprint density at radius 1 is 0.880 bits per heavy atom. The second-order valence-corrected chi connectivity index (χ2v) is 7.12. The van der Waals surface area contributed by atoms with Crippen molar-refractivity contribution in [3.63, 3.8) is 0 Å². The van der Waals surface area contributed by atoms with Crippen molar-refractivity contribution in [2.75, 3.05) is 10.6 Å². The Labute approximate surface area is 164 Å². The van der Waals surface area contributed by atoms with Gasteiger partial charge in [0, 0.05) is 16.4 Å². The molecule has 0 saturated heterocycles. The van der Waals surface area contributed by atoms with Gasteiger partial charge in [0.05, 0.1) is 0 Å². The Morgan fingerprint density at radius 3 is 1.92 bits per heavy atom. The van der Waals surface area contributed by atoms with Gasteiger partial charge < -0.3 is 10.6 Å². The summed E-state index contributed by atoms with van der Waals surface area (Å²) < 4.78 is 0. The van der Waals surface area contributed by atoms with Crippen molar-refractivity contribution >= 4 is 57.6 Å². The van der Waals surface area contributed by atoms with Gasteiger partial charge in [0.15, 0.2) is 10.2 Å². The highest BCUT2D eigenvalue weighted by Crippen LogP contribution is 2.20. The first-order valence-electron chi connectivity index (χ1n) is 7.85. The number of hydrogen-bond acceptors (Lipinski definition) is 2. The molecule has 0 aliphatic rings. The number of anilines is 2. The lowest BCUT2D eigenvalue weighted by Gasteiger charge is -2.15. The molecule has 132 valence electrons. The Hall–Kier alpha value is -1.89. The number of aryl methyl sites for hydroxylation is 1. The maximum absolute atomic E-state index is 6.10. The van der Waals surface area contributed by atoms with Crippen LogP contribution in [0, 0.1) is 6.92 Å². The maximum atomic E-state index is 6.10. The Balaban J connectivity index is 1.80. The Morgan fingerprint density at radius 2 is 1.40 bits per heavy atom. The van der Waals surface area contributed by atoms with E-state index in [1.54, 1.807) is 0 Å². The fraction of sp³-hybridized carbons (Fsp3) is 0.222. The Kier molecular flexibility index (Phi) is 6.99. The highest BCUT2D eigenvalue weighted by molar-refractivity contribution is 7.81. The van der Waals surface area contributed by atoms with E-state index in [1.165, 1.54) is 5.56 Å². The highest BCUT2D eigenvalue weighted by atomic mass is 35.5. The van der Waals surface area contributed by atoms with Gasteiger partial charge in [-0.2, -0.15) is 0 Å². The van der Waals surface area contributed by atoms with Gasteiger partial charge in [-0.05, 0) is 72.7 Å². The van der Waals surface area contributed by atoms with Gasteiger partial charge >= 0.3 is 0 Å². The zero-order valence-electron chi connectivity index (χ0n) is 14.3. The molecule has 7 heteroatoms. The molecule has 25 heavy (non-hydrogen) atoms. The maximum Gasteiger partial charge on any atom is 0.189 e. The summed E-state index contributed by atoms with van der Waals surface area (Å²) in [6.07, 6.45) is 0. The molecule has 0 amide bonds. The molecular formula is C18H21ClN4S2. The molecule has 4 nitrogen and oxygen atoms in total. The molecular weight excluding hydrogens is 372 g/mol. The normalized spacial score (nSPS) is 10.3. The predicted molar refractivity (Wildman–Crippen MR) is 115 cm³/mol. The van der Waals surface area contributed by atoms with Crippen LogP contribution in [0.15, 0.2) is 42.5 Å². The number of thiocarbonyl (C=S) groups is 2. The monoisotopic (exact) mass is 392 g/mol. The smallest absolute Gasteiger partial charge is 0.189 e. The van der Waals surface area contributed by atoms with E-state index in [0.29, 0.717) is 21.2 Å². The van der Waals surface area contributed by atoms with E-state index in [-0.39, 0.29) is 0 Å². The number of hydrogen-bond donors (Lipinski definition) is 4. The molecule has 0 spiro atoms. The summed E-state index contributed by atoms with van der Waals surface area (Å²) in [5.74, 6) is 0.500. The molecule has 0 saturated carbocycles. The minimum atomic E-state index is 0.388. The summed E-state index contributed by atoms with van der Waals surface area (Å²) in [7, 11) is 0. The molecule has 0 aliphatic heterocycles. The largest absolute Gasteiger partial charge is 0.331 e. The van der Waals surface area contributed by atoms with Gasteiger partial charge in [-0.15, -0.1) is 0 Å². The van der Waals surface area contributed by atoms with Gasteiger partial charge in [-0.1, -0.05) is 43.6 Å². The lowest BCUT2D eigenvalue weighted by atomic mass is 10.0. The van der Waals surface area contributed by atoms with Gasteiger partial charge in [0.1, 0.15) is 0 Å². The molecule has 2 aromatic carbocycles. The van der Waals surface area contributed by atoms with E-state index in [9.17, 15) is 0 Å². The third-order valence-corrected chi connectivity index (χ3v) is 4.37. The van der Waals surface area contributed by atoms with E-state index in [0.717, 1.165) is 16.9 Å². The zero-order valence-corrected chi connectivity index (χ0v) is 16.7. The van der Waals surface area contributed by atoms with Crippen LogP contribution in [-0.2, 0) is 0 Å². The van der Waals surface area contributed by atoms with Crippen molar-refractivity contribution in [2.24, 2.45) is 0 Å². The van der Waals surface area contributed by atoms with E-state index < -0.39 is 0 Å². The van der Waals surface area contributed by atoms with Crippen LogP contribution < -0.4 is 21.5 Å². The number of rotatable bonds is 3. The number of hydrazine groups is 1. The van der Waals surface area contributed by atoms with Crippen molar-refractivity contribution in [3.8, 4) is 0 Å². The fourth-order valence-corrected chi connectivity index (χ4v) is 2.58. The van der Waals surface area contributed by atoms with E-state index in [4.69, 9.17) is 36.0 Å². The van der Waals surface area contributed by atoms with Crippen LogP contribution >= 0.6 is 36.0 Å². The summed E-state index contributed by atoms with van der Waals surface area (Å²) in [6.45, 7) is 6.27. The molecule has 0 aromatic heterocycles. The van der Waals surface area contributed by atoms with Gasteiger partial charge in [0.2, 0.25) is 0 Å². The summed E-state index contributed by atoms with van der Waals surface area (Å²) in [6, 6.07) is 13.8. The molecule has 0 bridgehead atoms. The molecule has 0 atom stereocenters. The molecule has 0 aliphatic carbocycles. The second kappa shape index (κ2) is 8.99. The third-order valence-electron chi connectivity index (χ3n) is 3.55. The van der Waals surface area contributed by atoms with Crippen LogP contribution in [0.25, 0.3) is 0 Å². The third kappa shape index (κ3) is 6.16. The van der Waals surface area contributed by atoms with Crippen LogP contribution in [0.3, 0.4) is 0 Å². The molecule has 0 unspecified atom stereocenters. The van der Waals surface area contributed by atoms with Gasteiger partial charge in [0.25, 0.3) is 0 Å². The van der Waals surface area contributed by atoms with Gasteiger partial charge in [-0.3, -0.25) is 10.9 Å². The van der Waals surface area contributed by atoms with Crippen LogP contribution in [-0.4, -0.2) is 10.2 Å². The van der Waals surface area contributed by atoms with Crippen LogP contribution in [0.4, 0.5) is 11.4 Å². The number of halogens is 1. The SMILES string of the molecule is Cc1ccc(NC(=S)NNC(=S)Nc2ccc(C(C)C)cc2)cc1Cl. The van der Waals surface area contributed by atoms with E-state index in [1.807, 2.05) is 37.3 Å². The predicted octanol–water partition coefficient (Wildman–Crippen LogP) is 4.96. The van der Waals surface area contributed by atoms with Crippen molar-refractivity contribution in [2.45, 2.75) is 26.7 Å². The fourth-order valence-electron chi connectivity index (χ4n) is 2.06.